The van der Waals surface area contributed by atoms with E-state index in [1.165, 1.54) is 11.3 Å². The third kappa shape index (κ3) is 2.94. The minimum atomic E-state index is -3.61. The van der Waals surface area contributed by atoms with Gasteiger partial charge in [-0.25, -0.2) is 8.42 Å². The zero-order chi connectivity index (χ0) is 16.7. The lowest BCUT2D eigenvalue weighted by molar-refractivity contribution is 0.509. The van der Waals surface area contributed by atoms with Crippen LogP contribution in [-0.4, -0.2) is 18.6 Å². The maximum Gasteiger partial charge on any atom is 0.261 e. The first-order chi connectivity index (χ1) is 11.5. The number of nitrogens with zero attached hydrogens (tertiary/aromatic N) is 2. The molecule has 0 bridgehead atoms. The predicted molar refractivity (Wildman–Crippen MR) is 91.6 cm³/mol. The summed E-state index contributed by atoms with van der Waals surface area (Å²) in [6.45, 7) is 1.86. The molecule has 1 aliphatic carbocycles. The molecule has 124 valence electrons. The number of nitrogens with one attached hydrogen (secondary N) is 1. The summed E-state index contributed by atoms with van der Waals surface area (Å²) in [5.41, 5.74) is 0.532. The maximum absolute atomic E-state index is 12.4. The Kier molecular flexibility index (Phi) is 3.65. The van der Waals surface area contributed by atoms with Gasteiger partial charge in [0.2, 0.25) is 5.89 Å². The van der Waals surface area contributed by atoms with Gasteiger partial charge in [0.05, 0.1) is 15.5 Å². The number of rotatable bonds is 5. The van der Waals surface area contributed by atoms with Crippen molar-refractivity contribution in [2.45, 2.75) is 30.6 Å². The highest BCUT2D eigenvalue weighted by molar-refractivity contribution is 7.92. The SMILES string of the molecule is Cc1sc(-c2nnc(C3CC3)o2)cc1NS(=O)(=O)c1ccccc1. The van der Waals surface area contributed by atoms with Gasteiger partial charge in [0.1, 0.15) is 0 Å². The van der Waals surface area contributed by atoms with Crippen LogP contribution in [0.25, 0.3) is 10.8 Å². The molecule has 8 heteroatoms. The van der Waals surface area contributed by atoms with Crippen LogP contribution in [0.2, 0.25) is 0 Å². The van der Waals surface area contributed by atoms with E-state index in [1.807, 2.05) is 6.92 Å². The summed E-state index contributed by atoms with van der Waals surface area (Å²) >= 11 is 1.43. The van der Waals surface area contributed by atoms with Crippen LogP contribution < -0.4 is 4.72 Å². The molecule has 6 nitrogen and oxygen atoms in total. The summed E-state index contributed by atoms with van der Waals surface area (Å²) in [5.74, 6) is 1.50. The minimum Gasteiger partial charge on any atom is -0.420 e. The summed E-state index contributed by atoms with van der Waals surface area (Å²) in [5, 5.41) is 8.14. The second-order valence-electron chi connectivity index (χ2n) is 5.72. The largest absolute Gasteiger partial charge is 0.420 e. The summed E-state index contributed by atoms with van der Waals surface area (Å²) < 4.78 is 33.2. The number of anilines is 1. The van der Waals surface area contributed by atoms with Crippen LogP contribution >= 0.6 is 11.3 Å². The van der Waals surface area contributed by atoms with E-state index in [4.69, 9.17) is 4.42 Å². The molecule has 3 aromatic rings. The zero-order valence-electron chi connectivity index (χ0n) is 12.9. The fourth-order valence-corrected chi connectivity index (χ4v) is 4.42. The van der Waals surface area contributed by atoms with Crippen LogP contribution in [0.4, 0.5) is 5.69 Å². The van der Waals surface area contributed by atoms with Gasteiger partial charge in [-0.1, -0.05) is 18.2 Å². The number of benzene rings is 1. The standard InChI is InChI=1S/C16H15N3O3S2/c1-10-13(19-24(20,21)12-5-3-2-4-6-12)9-14(23-10)16-18-17-15(22-16)11-7-8-11/h2-6,9,11,19H,7-8H2,1H3. The number of aryl methyl sites for hydroxylation is 1. The lowest BCUT2D eigenvalue weighted by Gasteiger charge is -2.06. The van der Waals surface area contributed by atoms with E-state index in [0.29, 0.717) is 23.4 Å². The van der Waals surface area contributed by atoms with Crippen molar-refractivity contribution in [1.82, 2.24) is 10.2 Å². The fourth-order valence-electron chi connectivity index (χ4n) is 2.32. The predicted octanol–water partition coefficient (Wildman–Crippen LogP) is 3.78. The van der Waals surface area contributed by atoms with Gasteiger partial charge in [-0.2, -0.15) is 0 Å². The first kappa shape index (κ1) is 15.3. The van der Waals surface area contributed by atoms with Crippen LogP contribution in [0.15, 0.2) is 45.7 Å². The van der Waals surface area contributed by atoms with E-state index in [9.17, 15) is 8.42 Å². The van der Waals surface area contributed by atoms with Crippen LogP contribution in [0.1, 0.15) is 29.5 Å². The Labute approximate surface area is 143 Å². The molecule has 0 unspecified atom stereocenters. The van der Waals surface area contributed by atoms with Gasteiger partial charge in [-0.05, 0) is 38.0 Å². The Morgan fingerprint density at radius 2 is 1.96 bits per heavy atom. The summed E-state index contributed by atoms with van der Waals surface area (Å²) in [6.07, 6.45) is 2.18. The number of hydrogen-bond acceptors (Lipinski definition) is 6. The van der Waals surface area contributed by atoms with Gasteiger partial charge < -0.3 is 4.42 Å². The molecular formula is C16H15N3O3S2. The summed E-state index contributed by atoms with van der Waals surface area (Å²) in [6, 6.07) is 10.0. The van der Waals surface area contributed by atoms with E-state index in [2.05, 4.69) is 14.9 Å². The topological polar surface area (TPSA) is 85.1 Å². The Morgan fingerprint density at radius 3 is 2.67 bits per heavy atom. The zero-order valence-corrected chi connectivity index (χ0v) is 14.5. The molecule has 0 aliphatic heterocycles. The third-order valence-corrected chi connectivity index (χ3v) is 6.21. The Hall–Kier alpha value is -2.19. The molecule has 1 N–H and O–H groups in total. The van der Waals surface area contributed by atoms with Crippen molar-refractivity contribution in [3.8, 4) is 10.8 Å². The molecule has 1 aromatic carbocycles. The van der Waals surface area contributed by atoms with Crippen molar-refractivity contribution < 1.29 is 12.8 Å². The summed E-state index contributed by atoms with van der Waals surface area (Å²) in [7, 11) is -3.61. The minimum absolute atomic E-state index is 0.228. The van der Waals surface area contributed by atoms with Crippen LogP contribution in [0, 0.1) is 6.92 Å². The highest BCUT2D eigenvalue weighted by Gasteiger charge is 2.30. The van der Waals surface area contributed by atoms with Crippen LogP contribution in [0.5, 0.6) is 0 Å². The number of hydrogen-bond donors (Lipinski definition) is 1. The van der Waals surface area contributed by atoms with Gasteiger partial charge in [0.15, 0.2) is 0 Å². The molecule has 1 aliphatic rings. The van der Waals surface area contributed by atoms with Crippen molar-refractivity contribution in [2.75, 3.05) is 4.72 Å². The Balaban J connectivity index is 1.61. The molecule has 0 spiro atoms. The normalized spacial score (nSPS) is 14.7. The second kappa shape index (κ2) is 5.71. The maximum atomic E-state index is 12.4. The van der Waals surface area contributed by atoms with E-state index in [0.717, 1.165) is 22.6 Å². The molecule has 2 heterocycles. The molecule has 0 amide bonds. The Bertz CT molecular complexity index is 973. The molecule has 4 rings (SSSR count). The van der Waals surface area contributed by atoms with Crippen molar-refractivity contribution in [3.63, 3.8) is 0 Å². The number of aromatic nitrogens is 2. The lowest BCUT2D eigenvalue weighted by Crippen LogP contribution is -2.12. The molecule has 0 saturated heterocycles. The second-order valence-corrected chi connectivity index (χ2v) is 8.66. The van der Waals surface area contributed by atoms with Crippen molar-refractivity contribution in [1.29, 1.82) is 0 Å². The molecular weight excluding hydrogens is 346 g/mol. The Morgan fingerprint density at radius 1 is 1.21 bits per heavy atom. The summed E-state index contributed by atoms with van der Waals surface area (Å²) in [4.78, 5) is 1.83. The fraction of sp³-hybridized carbons (Fsp3) is 0.250. The molecule has 0 atom stereocenters. The van der Waals surface area contributed by atoms with E-state index in [1.54, 1.807) is 36.4 Å². The van der Waals surface area contributed by atoms with E-state index >= 15 is 0 Å². The average Bonchev–Trinajstić information content (AvgIpc) is 3.20. The average molecular weight is 361 g/mol. The first-order valence-corrected chi connectivity index (χ1v) is 9.85. The van der Waals surface area contributed by atoms with Crippen LogP contribution in [-0.2, 0) is 10.0 Å². The molecule has 24 heavy (non-hydrogen) atoms. The molecule has 1 fully saturated rings. The van der Waals surface area contributed by atoms with Gasteiger partial charge in [-0.15, -0.1) is 21.5 Å². The first-order valence-electron chi connectivity index (χ1n) is 7.55. The smallest absolute Gasteiger partial charge is 0.261 e. The van der Waals surface area contributed by atoms with Crippen LogP contribution in [0.3, 0.4) is 0 Å². The van der Waals surface area contributed by atoms with Gasteiger partial charge in [-0.3, -0.25) is 4.72 Å². The monoisotopic (exact) mass is 361 g/mol. The van der Waals surface area contributed by atoms with Gasteiger partial charge in [0.25, 0.3) is 15.9 Å². The van der Waals surface area contributed by atoms with Crippen molar-refractivity contribution in [2.24, 2.45) is 0 Å². The quantitative estimate of drug-likeness (QED) is 0.747. The van der Waals surface area contributed by atoms with Crippen molar-refractivity contribution >= 4 is 27.0 Å². The number of thiophene rings is 1. The lowest BCUT2D eigenvalue weighted by atomic mass is 10.4. The van der Waals surface area contributed by atoms with Crippen molar-refractivity contribution in [3.05, 3.63) is 47.2 Å². The number of sulfonamides is 1. The van der Waals surface area contributed by atoms with Gasteiger partial charge in [0, 0.05) is 10.8 Å². The molecule has 2 aromatic heterocycles. The highest BCUT2D eigenvalue weighted by atomic mass is 32.2. The van der Waals surface area contributed by atoms with Gasteiger partial charge >= 0.3 is 0 Å². The van der Waals surface area contributed by atoms with E-state index in [-0.39, 0.29) is 4.90 Å². The van der Waals surface area contributed by atoms with E-state index < -0.39 is 10.0 Å². The molecule has 0 radical (unpaired) electrons. The molecule has 1 saturated carbocycles. The third-order valence-electron chi connectivity index (χ3n) is 3.79. The highest BCUT2D eigenvalue weighted by Crippen LogP contribution is 2.41.